The van der Waals surface area contributed by atoms with E-state index >= 15 is 0 Å². The van der Waals surface area contributed by atoms with Crippen LogP contribution in [0, 0.1) is 5.82 Å². The first-order chi connectivity index (χ1) is 9.96. The molecule has 1 N–H and O–H groups in total. The molecule has 0 unspecified atom stereocenters. The Balaban J connectivity index is 2.02. The summed E-state index contributed by atoms with van der Waals surface area (Å²) >= 11 is 0. The number of hydrogen-bond acceptors (Lipinski definition) is 3. The van der Waals surface area contributed by atoms with Gasteiger partial charge in [-0.25, -0.2) is 4.39 Å². The molecule has 0 radical (unpaired) electrons. The summed E-state index contributed by atoms with van der Waals surface area (Å²) in [6.45, 7) is 11.2. The van der Waals surface area contributed by atoms with Crippen LogP contribution in [0.15, 0.2) is 12.1 Å². The van der Waals surface area contributed by atoms with Crippen LogP contribution < -0.4 is 10.8 Å². The Morgan fingerprint density at radius 1 is 1.05 bits per heavy atom. The van der Waals surface area contributed by atoms with Gasteiger partial charge in [0.1, 0.15) is 5.82 Å². The molecule has 2 aliphatic rings. The van der Waals surface area contributed by atoms with E-state index in [-0.39, 0.29) is 5.91 Å². The quantitative estimate of drug-likeness (QED) is 0.810. The summed E-state index contributed by atoms with van der Waals surface area (Å²) in [7, 11) is -0.782. The molecule has 2 aliphatic heterocycles. The number of carbonyl (C=O) groups is 1. The van der Waals surface area contributed by atoms with E-state index in [1.54, 1.807) is 19.9 Å². The molecule has 0 aliphatic carbocycles. The molecule has 0 spiro atoms. The Morgan fingerprint density at radius 2 is 1.59 bits per heavy atom. The first-order valence-corrected chi connectivity index (χ1v) is 7.47. The van der Waals surface area contributed by atoms with Crippen LogP contribution in [-0.2, 0) is 19.5 Å². The van der Waals surface area contributed by atoms with Gasteiger partial charge in [0.25, 0.3) is 0 Å². The second-order valence-electron chi connectivity index (χ2n) is 7.59. The Labute approximate surface area is 130 Å². The van der Waals surface area contributed by atoms with E-state index in [1.807, 2.05) is 27.7 Å². The lowest BCUT2D eigenvalue weighted by molar-refractivity contribution is -0.119. The molecule has 0 atom stereocenters. The second-order valence-corrected chi connectivity index (χ2v) is 7.59. The summed E-state index contributed by atoms with van der Waals surface area (Å²) in [5, 5.41) is 2.80. The molecular formula is C16H21BFNO3. The molecule has 6 heteroatoms. The first-order valence-electron chi connectivity index (χ1n) is 7.47. The van der Waals surface area contributed by atoms with Gasteiger partial charge in [-0.1, -0.05) is 0 Å². The highest BCUT2D eigenvalue weighted by Crippen LogP contribution is 2.39. The first kappa shape index (κ1) is 15.5. The van der Waals surface area contributed by atoms with E-state index in [0.29, 0.717) is 16.7 Å². The number of anilines is 1. The number of fused-ring (bicyclic) bond motifs is 1. The molecule has 22 heavy (non-hydrogen) atoms. The van der Waals surface area contributed by atoms with Crippen molar-refractivity contribution in [3.63, 3.8) is 0 Å². The van der Waals surface area contributed by atoms with E-state index in [0.717, 1.165) is 0 Å². The molecule has 1 aromatic carbocycles. The van der Waals surface area contributed by atoms with Crippen molar-refractivity contribution in [2.45, 2.75) is 58.2 Å². The van der Waals surface area contributed by atoms with Gasteiger partial charge in [-0.3, -0.25) is 4.79 Å². The minimum absolute atomic E-state index is 0.132. The van der Waals surface area contributed by atoms with Gasteiger partial charge in [-0.05, 0) is 59.2 Å². The van der Waals surface area contributed by atoms with Crippen LogP contribution >= 0.6 is 0 Å². The van der Waals surface area contributed by atoms with Crippen LogP contribution in [0.2, 0.25) is 0 Å². The van der Waals surface area contributed by atoms with Crippen molar-refractivity contribution in [2.24, 2.45) is 0 Å². The van der Waals surface area contributed by atoms with Crippen molar-refractivity contribution in [1.29, 1.82) is 0 Å². The maximum Gasteiger partial charge on any atom is 0.497 e. The van der Waals surface area contributed by atoms with Crippen LogP contribution in [0.3, 0.4) is 0 Å². The third kappa shape index (κ3) is 2.01. The van der Waals surface area contributed by atoms with Crippen LogP contribution in [0.1, 0.15) is 47.1 Å². The highest BCUT2D eigenvalue weighted by Gasteiger charge is 2.53. The number of hydrogen-bond donors (Lipinski definition) is 1. The van der Waals surface area contributed by atoms with Gasteiger partial charge in [0.2, 0.25) is 5.91 Å². The topological polar surface area (TPSA) is 47.6 Å². The van der Waals surface area contributed by atoms with Crippen molar-refractivity contribution in [3.05, 3.63) is 23.5 Å². The van der Waals surface area contributed by atoms with Crippen molar-refractivity contribution in [2.75, 3.05) is 5.32 Å². The number of halogens is 1. The molecule has 3 rings (SSSR count). The lowest BCUT2D eigenvalue weighted by atomic mass is 9.76. The van der Waals surface area contributed by atoms with Gasteiger partial charge in [-0.15, -0.1) is 0 Å². The molecule has 1 saturated heterocycles. The zero-order valence-electron chi connectivity index (χ0n) is 13.8. The fourth-order valence-electron chi connectivity index (χ4n) is 2.76. The highest BCUT2D eigenvalue weighted by atomic mass is 19.1. The number of nitrogens with one attached hydrogen (secondary N) is 1. The van der Waals surface area contributed by atoms with Crippen molar-refractivity contribution >= 4 is 24.2 Å². The lowest BCUT2D eigenvalue weighted by Gasteiger charge is -2.32. The number of carbonyl (C=O) groups excluding carboxylic acids is 1. The zero-order valence-corrected chi connectivity index (χ0v) is 13.8. The van der Waals surface area contributed by atoms with Gasteiger partial charge in [-0.2, -0.15) is 0 Å². The summed E-state index contributed by atoms with van der Waals surface area (Å²) < 4.78 is 26.4. The molecule has 2 heterocycles. The molecule has 0 saturated carbocycles. The molecular weight excluding hydrogens is 284 g/mol. The van der Waals surface area contributed by atoms with Gasteiger partial charge < -0.3 is 14.6 Å². The van der Waals surface area contributed by atoms with Gasteiger partial charge >= 0.3 is 7.12 Å². The van der Waals surface area contributed by atoms with Crippen molar-refractivity contribution in [3.8, 4) is 0 Å². The maximum atomic E-state index is 14.6. The van der Waals surface area contributed by atoms with Gasteiger partial charge in [0, 0.05) is 11.2 Å². The fourth-order valence-corrected chi connectivity index (χ4v) is 2.76. The molecule has 0 aromatic heterocycles. The Hall–Kier alpha value is -1.40. The van der Waals surface area contributed by atoms with Crippen molar-refractivity contribution < 1.29 is 18.5 Å². The summed E-state index contributed by atoms with van der Waals surface area (Å²) in [6.07, 6.45) is 0. The number of rotatable bonds is 1. The summed E-state index contributed by atoms with van der Waals surface area (Å²) in [5.41, 5.74) is -0.200. The maximum absolute atomic E-state index is 14.6. The third-order valence-electron chi connectivity index (χ3n) is 5.13. The largest absolute Gasteiger partial charge is 0.497 e. The predicted octanol–water partition coefficient (Wildman–Crippen LogP) is 2.35. The van der Waals surface area contributed by atoms with Gasteiger partial charge in [0.05, 0.1) is 16.6 Å². The molecule has 1 fully saturated rings. The SMILES string of the molecule is CC1(C)C(=O)Nc2cc(B3OC(C)(C)C(C)(C)O3)c(F)cc21. The average molecular weight is 305 g/mol. The Kier molecular flexibility index (Phi) is 3.05. The molecule has 118 valence electrons. The van der Waals surface area contributed by atoms with E-state index in [9.17, 15) is 9.18 Å². The van der Waals surface area contributed by atoms with Crippen LogP contribution in [0.5, 0.6) is 0 Å². The summed E-state index contributed by atoms with van der Waals surface area (Å²) in [5.74, 6) is -0.546. The standard InChI is InChI=1S/C16H21BFNO3/c1-14(2)9-7-11(18)10(8-12(9)19-13(14)20)17-21-15(3,4)16(5,6)22-17/h7-8H,1-6H3,(H,19,20). The minimum Gasteiger partial charge on any atom is -0.399 e. The lowest BCUT2D eigenvalue weighted by Crippen LogP contribution is -2.41. The van der Waals surface area contributed by atoms with Gasteiger partial charge in [0.15, 0.2) is 0 Å². The third-order valence-corrected chi connectivity index (χ3v) is 5.13. The zero-order chi connectivity index (χ0) is 16.5. The molecule has 1 aromatic rings. The van der Waals surface area contributed by atoms with E-state index < -0.39 is 29.6 Å². The molecule has 1 amide bonds. The smallest absolute Gasteiger partial charge is 0.399 e. The molecule has 0 bridgehead atoms. The predicted molar refractivity (Wildman–Crippen MR) is 83.8 cm³/mol. The Morgan fingerprint density at radius 3 is 2.14 bits per heavy atom. The molecule has 4 nitrogen and oxygen atoms in total. The summed E-state index contributed by atoms with van der Waals surface area (Å²) in [6, 6.07) is 3.03. The Bertz CT molecular complexity index is 654. The monoisotopic (exact) mass is 305 g/mol. The summed E-state index contributed by atoms with van der Waals surface area (Å²) in [4.78, 5) is 12.0. The number of amides is 1. The minimum atomic E-state index is -0.782. The van der Waals surface area contributed by atoms with Crippen molar-refractivity contribution in [1.82, 2.24) is 0 Å². The van der Waals surface area contributed by atoms with Crippen LogP contribution in [0.25, 0.3) is 0 Å². The average Bonchev–Trinajstić information content (AvgIpc) is 2.71. The van der Waals surface area contributed by atoms with E-state index in [4.69, 9.17) is 9.31 Å². The van der Waals surface area contributed by atoms with E-state index in [1.165, 1.54) is 6.07 Å². The number of benzene rings is 1. The van der Waals surface area contributed by atoms with Crippen LogP contribution in [-0.4, -0.2) is 24.2 Å². The fraction of sp³-hybridized carbons (Fsp3) is 0.562. The normalized spacial score (nSPS) is 24.3. The van der Waals surface area contributed by atoms with E-state index in [2.05, 4.69) is 5.32 Å². The second kappa shape index (κ2) is 4.33. The highest BCUT2D eigenvalue weighted by molar-refractivity contribution is 6.62. The van der Waals surface area contributed by atoms with Crippen LogP contribution in [0.4, 0.5) is 10.1 Å².